The number of fused-ring (bicyclic) bond motifs is 3. The molecule has 0 amide bonds. The lowest BCUT2D eigenvalue weighted by atomic mass is 10.0. The van der Waals surface area contributed by atoms with Gasteiger partial charge in [-0.15, -0.1) is 0 Å². The third kappa shape index (κ3) is 1.36. The van der Waals surface area contributed by atoms with Gasteiger partial charge in [-0.2, -0.15) is 0 Å². The first-order valence-electron chi connectivity index (χ1n) is 5.65. The molecule has 0 heterocycles. The lowest BCUT2D eigenvalue weighted by molar-refractivity contribution is 0.199. The summed E-state index contributed by atoms with van der Waals surface area (Å²) in [5.41, 5.74) is 6.36. The van der Waals surface area contributed by atoms with E-state index in [0.29, 0.717) is 0 Å². The van der Waals surface area contributed by atoms with Gasteiger partial charge in [0.2, 0.25) is 0 Å². The van der Waals surface area contributed by atoms with Crippen LogP contribution in [0.25, 0.3) is 11.1 Å². The van der Waals surface area contributed by atoms with Crippen molar-refractivity contribution >= 4 is 0 Å². The van der Waals surface area contributed by atoms with Crippen molar-refractivity contribution in [2.75, 3.05) is 0 Å². The van der Waals surface area contributed by atoms with Crippen molar-refractivity contribution in [3.05, 3.63) is 59.2 Å². The lowest BCUT2D eigenvalue weighted by Gasteiger charge is -2.07. The van der Waals surface area contributed by atoms with E-state index < -0.39 is 6.10 Å². The fraction of sp³-hybridized carbons (Fsp3) is 0.200. The third-order valence-corrected chi connectivity index (χ3v) is 3.30. The molecule has 1 unspecified atom stereocenters. The molecule has 3 rings (SSSR count). The van der Waals surface area contributed by atoms with Gasteiger partial charge in [0.15, 0.2) is 0 Å². The summed E-state index contributed by atoms with van der Waals surface area (Å²) in [6, 6.07) is 14.8. The van der Waals surface area contributed by atoms with Gasteiger partial charge in [0.1, 0.15) is 0 Å². The Morgan fingerprint density at radius 3 is 2.56 bits per heavy atom. The number of hydrogen-bond donors (Lipinski definition) is 1. The second-order valence-corrected chi connectivity index (χ2v) is 4.43. The van der Waals surface area contributed by atoms with Crippen LogP contribution in [0.4, 0.5) is 0 Å². The highest BCUT2D eigenvalue weighted by Crippen LogP contribution is 2.37. The second-order valence-electron chi connectivity index (χ2n) is 4.43. The molecule has 1 nitrogen and oxygen atoms in total. The maximum Gasteiger partial charge on any atom is 0.0762 e. The van der Waals surface area contributed by atoms with Gasteiger partial charge in [-0.05, 0) is 47.2 Å². The Morgan fingerprint density at radius 1 is 1.00 bits per heavy atom. The Kier molecular flexibility index (Phi) is 2.08. The first-order chi connectivity index (χ1) is 7.75. The van der Waals surface area contributed by atoms with Gasteiger partial charge >= 0.3 is 0 Å². The van der Waals surface area contributed by atoms with Crippen LogP contribution in [0.2, 0.25) is 0 Å². The van der Waals surface area contributed by atoms with Gasteiger partial charge in [0.05, 0.1) is 6.10 Å². The maximum absolute atomic E-state index is 9.60. The number of rotatable bonds is 1. The average Bonchev–Trinajstić information content (AvgIpc) is 2.66. The van der Waals surface area contributed by atoms with Crippen molar-refractivity contribution in [1.29, 1.82) is 0 Å². The molecule has 0 aliphatic heterocycles. The summed E-state index contributed by atoms with van der Waals surface area (Å²) in [5.74, 6) is 0. The molecule has 1 aliphatic carbocycles. The Balaban J connectivity index is 2.18. The van der Waals surface area contributed by atoms with E-state index in [2.05, 4.69) is 36.4 Å². The molecule has 80 valence electrons. The molecule has 1 atom stereocenters. The van der Waals surface area contributed by atoms with E-state index in [-0.39, 0.29) is 0 Å². The van der Waals surface area contributed by atoms with Crippen molar-refractivity contribution in [3.63, 3.8) is 0 Å². The highest BCUT2D eigenvalue weighted by atomic mass is 16.3. The maximum atomic E-state index is 9.60. The van der Waals surface area contributed by atoms with Crippen molar-refractivity contribution < 1.29 is 5.11 Å². The molecule has 0 radical (unpaired) electrons. The van der Waals surface area contributed by atoms with Crippen LogP contribution in [-0.2, 0) is 6.42 Å². The fourth-order valence-electron chi connectivity index (χ4n) is 2.40. The topological polar surface area (TPSA) is 20.2 Å². The summed E-state index contributed by atoms with van der Waals surface area (Å²) in [5, 5.41) is 9.60. The molecule has 1 aliphatic rings. The zero-order valence-corrected chi connectivity index (χ0v) is 9.27. The van der Waals surface area contributed by atoms with Crippen LogP contribution in [0.5, 0.6) is 0 Å². The number of aliphatic hydroxyl groups is 1. The van der Waals surface area contributed by atoms with E-state index in [4.69, 9.17) is 0 Å². The Morgan fingerprint density at radius 2 is 1.75 bits per heavy atom. The van der Waals surface area contributed by atoms with Gasteiger partial charge < -0.3 is 5.11 Å². The highest BCUT2D eigenvalue weighted by molar-refractivity contribution is 5.77. The second kappa shape index (κ2) is 3.46. The SMILES string of the molecule is CC(O)c1ccc2c(c1)-c1ccccc1C2. The molecule has 0 saturated heterocycles. The molecule has 16 heavy (non-hydrogen) atoms. The zero-order chi connectivity index (χ0) is 11.1. The van der Waals surface area contributed by atoms with Crippen molar-refractivity contribution in [1.82, 2.24) is 0 Å². The summed E-state index contributed by atoms with van der Waals surface area (Å²) >= 11 is 0. The zero-order valence-electron chi connectivity index (χ0n) is 9.27. The fourth-order valence-corrected chi connectivity index (χ4v) is 2.40. The minimum atomic E-state index is -0.391. The van der Waals surface area contributed by atoms with E-state index in [1.165, 1.54) is 22.3 Å². The molecule has 0 spiro atoms. The highest BCUT2D eigenvalue weighted by Gasteiger charge is 2.18. The first kappa shape index (κ1) is 9.61. The third-order valence-electron chi connectivity index (χ3n) is 3.30. The normalized spacial score (nSPS) is 14.4. The number of aliphatic hydroxyl groups excluding tert-OH is 1. The molecule has 0 aromatic heterocycles. The first-order valence-corrected chi connectivity index (χ1v) is 5.65. The van der Waals surface area contributed by atoms with Crippen LogP contribution in [0.1, 0.15) is 29.7 Å². The quantitative estimate of drug-likeness (QED) is 0.653. The van der Waals surface area contributed by atoms with E-state index in [1.807, 2.05) is 13.0 Å². The molecule has 1 N–H and O–H groups in total. The van der Waals surface area contributed by atoms with E-state index >= 15 is 0 Å². The van der Waals surface area contributed by atoms with E-state index in [9.17, 15) is 5.11 Å². The standard InChI is InChI=1S/C15H14O/c1-10(16)11-6-7-13-8-12-4-2-3-5-14(12)15(13)9-11/h2-7,9-10,16H,8H2,1H3. The summed E-state index contributed by atoms with van der Waals surface area (Å²) in [7, 11) is 0. The van der Waals surface area contributed by atoms with Crippen LogP contribution in [-0.4, -0.2) is 5.11 Å². The summed E-state index contributed by atoms with van der Waals surface area (Å²) < 4.78 is 0. The Hall–Kier alpha value is -1.60. The van der Waals surface area contributed by atoms with Gasteiger partial charge in [0.25, 0.3) is 0 Å². The van der Waals surface area contributed by atoms with Crippen LogP contribution < -0.4 is 0 Å². The molecular formula is C15H14O. The summed E-state index contributed by atoms with van der Waals surface area (Å²) in [6.07, 6.45) is 0.629. The monoisotopic (exact) mass is 210 g/mol. The van der Waals surface area contributed by atoms with Gasteiger partial charge in [-0.1, -0.05) is 36.4 Å². The minimum absolute atomic E-state index is 0.391. The Labute approximate surface area is 95.4 Å². The van der Waals surface area contributed by atoms with E-state index in [0.717, 1.165) is 12.0 Å². The van der Waals surface area contributed by atoms with Gasteiger partial charge in [-0.3, -0.25) is 0 Å². The van der Waals surface area contributed by atoms with Crippen LogP contribution in [0.3, 0.4) is 0 Å². The minimum Gasteiger partial charge on any atom is -0.389 e. The molecule has 0 saturated carbocycles. The molecule has 2 aromatic carbocycles. The number of benzene rings is 2. The molecular weight excluding hydrogens is 196 g/mol. The molecule has 2 aromatic rings. The summed E-state index contributed by atoms with van der Waals surface area (Å²) in [4.78, 5) is 0. The van der Waals surface area contributed by atoms with Crippen LogP contribution in [0.15, 0.2) is 42.5 Å². The summed E-state index contributed by atoms with van der Waals surface area (Å²) in [6.45, 7) is 1.81. The largest absolute Gasteiger partial charge is 0.389 e. The predicted molar refractivity (Wildman–Crippen MR) is 65.3 cm³/mol. The average molecular weight is 210 g/mol. The molecule has 0 fully saturated rings. The van der Waals surface area contributed by atoms with Crippen molar-refractivity contribution in [2.24, 2.45) is 0 Å². The van der Waals surface area contributed by atoms with Gasteiger partial charge in [-0.25, -0.2) is 0 Å². The van der Waals surface area contributed by atoms with Crippen LogP contribution >= 0.6 is 0 Å². The lowest BCUT2D eigenvalue weighted by Crippen LogP contribution is -1.91. The van der Waals surface area contributed by atoms with Crippen LogP contribution in [0, 0.1) is 0 Å². The van der Waals surface area contributed by atoms with Crippen molar-refractivity contribution in [2.45, 2.75) is 19.4 Å². The van der Waals surface area contributed by atoms with E-state index in [1.54, 1.807) is 0 Å². The molecule has 1 heteroatoms. The Bertz CT molecular complexity index is 541. The van der Waals surface area contributed by atoms with Crippen molar-refractivity contribution in [3.8, 4) is 11.1 Å². The number of hydrogen-bond acceptors (Lipinski definition) is 1. The molecule has 0 bridgehead atoms. The van der Waals surface area contributed by atoms with Gasteiger partial charge in [0, 0.05) is 0 Å². The predicted octanol–water partition coefficient (Wildman–Crippen LogP) is 3.31. The smallest absolute Gasteiger partial charge is 0.0762 e.